The number of guanidine groups is 1. The van der Waals surface area contributed by atoms with Gasteiger partial charge in [-0.2, -0.15) is 0 Å². The van der Waals surface area contributed by atoms with Crippen LogP contribution in [0.15, 0.2) is 41.5 Å². The lowest BCUT2D eigenvalue weighted by Gasteiger charge is -2.17. The fourth-order valence-corrected chi connectivity index (χ4v) is 2.83. The average Bonchev–Trinajstić information content (AvgIpc) is 2.97. The van der Waals surface area contributed by atoms with Crippen molar-refractivity contribution in [3.63, 3.8) is 0 Å². The lowest BCUT2D eigenvalue weighted by atomic mass is 10.3. The van der Waals surface area contributed by atoms with Gasteiger partial charge >= 0.3 is 0 Å². The number of thiazole rings is 1. The fraction of sp³-hybridized carbons (Fsp3) is 0.412. The number of hydrogen-bond acceptors (Lipinski definition) is 4. The smallest absolute Gasteiger partial charge is 0.191 e. The first kappa shape index (κ1) is 17.3. The summed E-state index contributed by atoms with van der Waals surface area (Å²) < 4.78 is 5.83. The van der Waals surface area contributed by atoms with Crippen LogP contribution in [-0.4, -0.2) is 37.2 Å². The normalized spacial score (nSPS) is 12.7. The zero-order valence-corrected chi connectivity index (χ0v) is 14.7. The number of aliphatic imine (C=N–C) groups is 1. The predicted molar refractivity (Wildman–Crippen MR) is 96.5 cm³/mol. The minimum absolute atomic E-state index is 0.0533. The van der Waals surface area contributed by atoms with Crippen LogP contribution in [0.25, 0.3) is 0 Å². The second-order valence-electron chi connectivity index (χ2n) is 5.24. The molecule has 0 fully saturated rings. The molecule has 1 atom stereocenters. The summed E-state index contributed by atoms with van der Waals surface area (Å²) in [6.45, 7) is 5.60. The Balaban J connectivity index is 1.68. The van der Waals surface area contributed by atoms with Crippen LogP contribution in [0.3, 0.4) is 0 Å². The average molecular weight is 332 g/mol. The van der Waals surface area contributed by atoms with Gasteiger partial charge in [0.05, 0.1) is 11.6 Å². The van der Waals surface area contributed by atoms with Crippen LogP contribution in [0.2, 0.25) is 0 Å². The molecule has 1 aromatic heterocycles. The van der Waals surface area contributed by atoms with E-state index in [1.54, 1.807) is 18.4 Å². The van der Waals surface area contributed by atoms with Crippen molar-refractivity contribution in [1.82, 2.24) is 15.6 Å². The van der Waals surface area contributed by atoms with Crippen molar-refractivity contribution < 1.29 is 4.74 Å². The zero-order chi connectivity index (χ0) is 16.5. The molecule has 0 saturated carbocycles. The van der Waals surface area contributed by atoms with Gasteiger partial charge in [0.1, 0.15) is 11.9 Å². The van der Waals surface area contributed by atoms with Crippen LogP contribution in [0.4, 0.5) is 0 Å². The van der Waals surface area contributed by atoms with Crippen LogP contribution < -0.4 is 15.4 Å². The largest absolute Gasteiger partial charge is 0.489 e. The van der Waals surface area contributed by atoms with Gasteiger partial charge in [-0.1, -0.05) is 18.2 Å². The predicted octanol–water partition coefficient (Wildman–Crippen LogP) is 2.63. The zero-order valence-electron chi connectivity index (χ0n) is 13.9. The molecule has 5 nitrogen and oxygen atoms in total. The van der Waals surface area contributed by atoms with E-state index < -0.39 is 0 Å². The highest BCUT2D eigenvalue weighted by atomic mass is 32.1. The topological polar surface area (TPSA) is 58.5 Å². The van der Waals surface area contributed by atoms with E-state index in [2.05, 4.69) is 27.5 Å². The van der Waals surface area contributed by atoms with Gasteiger partial charge in [0.2, 0.25) is 0 Å². The van der Waals surface area contributed by atoms with E-state index in [1.807, 2.05) is 43.5 Å². The summed E-state index contributed by atoms with van der Waals surface area (Å²) >= 11 is 1.74. The van der Waals surface area contributed by atoms with Crippen molar-refractivity contribution in [3.05, 3.63) is 46.4 Å². The number of nitrogens with zero attached hydrogens (tertiary/aromatic N) is 2. The Morgan fingerprint density at radius 1 is 1.30 bits per heavy atom. The van der Waals surface area contributed by atoms with Crippen LogP contribution in [0.5, 0.6) is 5.75 Å². The maximum Gasteiger partial charge on any atom is 0.191 e. The second kappa shape index (κ2) is 9.15. The minimum atomic E-state index is 0.0533. The number of aromatic nitrogens is 1. The molecule has 0 saturated heterocycles. The molecule has 0 radical (unpaired) electrons. The molecule has 124 valence electrons. The monoisotopic (exact) mass is 332 g/mol. The molecule has 0 aliphatic carbocycles. The van der Waals surface area contributed by atoms with Gasteiger partial charge in [-0.3, -0.25) is 4.99 Å². The van der Waals surface area contributed by atoms with Crippen molar-refractivity contribution >= 4 is 17.3 Å². The highest BCUT2D eigenvalue weighted by Crippen LogP contribution is 2.11. The van der Waals surface area contributed by atoms with Crippen LogP contribution in [0, 0.1) is 6.92 Å². The summed E-state index contributed by atoms with van der Waals surface area (Å²) in [4.78, 5) is 9.83. The van der Waals surface area contributed by atoms with Crippen LogP contribution in [-0.2, 0) is 6.42 Å². The Kier molecular flexibility index (Phi) is 6.87. The first-order valence-electron chi connectivity index (χ1n) is 7.75. The maximum atomic E-state index is 5.83. The minimum Gasteiger partial charge on any atom is -0.489 e. The van der Waals surface area contributed by atoms with Crippen molar-refractivity contribution in [1.29, 1.82) is 0 Å². The SMILES string of the molecule is CN=C(NCCc1ncc(C)s1)NCC(C)Oc1ccccc1. The molecule has 0 amide bonds. The third-order valence-corrected chi connectivity index (χ3v) is 4.13. The molecule has 0 aliphatic rings. The molecule has 1 heterocycles. The van der Waals surface area contributed by atoms with Gasteiger partial charge in [-0.05, 0) is 26.0 Å². The fourth-order valence-electron chi connectivity index (χ4n) is 2.04. The molecule has 0 aliphatic heterocycles. The number of para-hydroxylation sites is 1. The second-order valence-corrected chi connectivity index (χ2v) is 6.56. The van der Waals surface area contributed by atoms with E-state index in [-0.39, 0.29) is 6.10 Å². The Labute approximate surface area is 141 Å². The number of ether oxygens (including phenoxy) is 1. The van der Waals surface area contributed by atoms with Crippen LogP contribution >= 0.6 is 11.3 Å². The molecule has 0 spiro atoms. The van der Waals surface area contributed by atoms with Gasteiger partial charge in [0, 0.05) is 31.1 Å². The Hall–Kier alpha value is -2.08. The van der Waals surface area contributed by atoms with Gasteiger partial charge < -0.3 is 15.4 Å². The lowest BCUT2D eigenvalue weighted by molar-refractivity contribution is 0.224. The number of rotatable bonds is 7. The maximum absolute atomic E-state index is 5.83. The van der Waals surface area contributed by atoms with E-state index in [0.29, 0.717) is 6.54 Å². The first-order valence-corrected chi connectivity index (χ1v) is 8.56. The van der Waals surface area contributed by atoms with Gasteiger partial charge in [0.25, 0.3) is 0 Å². The molecule has 1 unspecified atom stereocenters. The van der Waals surface area contributed by atoms with Gasteiger partial charge in [0.15, 0.2) is 5.96 Å². The highest BCUT2D eigenvalue weighted by molar-refractivity contribution is 7.11. The molecule has 2 aromatic rings. The number of nitrogens with one attached hydrogen (secondary N) is 2. The molecule has 23 heavy (non-hydrogen) atoms. The summed E-state index contributed by atoms with van der Waals surface area (Å²) in [5.74, 6) is 1.66. The van der Waals surface area contributed by atoms with Gasteiger partial charge in [-0.25, -0.2) is 4.98 Å². The van der Waals surface area contributed by atoms with Crippen molar-refractivity contribution in [2.75, 3.05) is 20.1 Å². The quantitative estimate of drug-likeness (QED) is 0.604. The third-order valence-electron chi connectivity index (χ3n) is 3.16. The number of benzene rings is 1. The summed E-state index contributed by atoms with van der Waals surface area (Å²) in [6, 6.07) is 9.83. The van der Waals surface area contributed by atoms with Crippen molar-refractivity contribution in [2.24, 2.45) is 4.99 Å². The Morgan fingerprint density at radius 2 is 2.09 bits per heavy atom. The third kappa shape index (κ3) is 6.28. The highest BCUT2D eigenvalue weighted by Gasteiger charge is 2.06. The number of aryl methyl sites for hydroxylation is 1. The Bertz CT molecular complexity index is 612. The van der Waals surface area contributed by atoms with E-state index in [1.165, 1.54) is 4.88 Å². The Morgan fingerprint density at radius 3 is 2.74 bits per heavy atom. The summed E-state index contributed by atoms with van der Waals surface area (Å²) in [5, 5.41) is 7.72. The molecular formula is C17H24N4OS. The van der Waals surface area contributed by atoms with E-state index in [0.717, 1.165) is 29.7 Å². The van der Waals surface area contributed by atoms with Crippen molar-refractivity contribution in [2.45, 2.75) is 26.4 Å². The van der Waals surface area contributed by atoms with E-state index in [9.17, 15) is 0 Å². The van der Waals surface area contributed by atoms with E-state index >= 15 is 0 Å². The van der Waals surface area contributed by atoms with Crippen LogP contribution in [0.1, 0.15) is 16.8 Å². The molecule has 6 heteroatoms. The summed E-state index contributed by atoms with van der Waals surface area (Å²) in [5.41, 5.74) is 0. The molecular weight excluding hydrogens is 308 g/mol. The molecule has 2 N–H and O–H groups in total. The summed E-state index contributed by atoms with van der Waals surface area (Å²) in [7, 11) is 1.77. The molecule has 0 bridgehead atoms. The standard InChI is InChI=1S/C17H24N4OS/c1-13(22-15-7-5-4-6-8-15)11-21-17(18-3)19-10-9-16-20-12-14(2)23-16/h4-8,12-13H,9-11H2,1-3H3,(H2,18,19,21). The summed E-state index contributed by atoms with van der Waals surface area (Å²) in [6.07, 6.45) is 2.86. The first-order chi connectivity index (χ1) is 11.2. The number of hydrogen-bond donors (Lipinski definition) is 2. The van der Waals surface area contributed by atoms with Gasteiger partial charge in [-0.15, -0.1) is 11.3 Å². The van der Waals surface area contributed by atoms with E-state index in [4.69, 9.17) is 4.74 Å². The molecule has 2 rings (SSSR count). The molecule has 1 aromatic carbocycles. The lowest BCUT2D eigenvalue weighted by Crippen LogP contribution is -2.42. The van der Waals surface area contributed by atoms with Crippen molar-refractivity contribution in [3.8, 4) is 5.75 Å².